The van der Waals surface area contributed by atoms with E-state index in [-0.39, 0.29) is 23.2 Å². The van der Waals surface area contributed by atoms with Crippen LogP contribution in [0.15, 0.2) is 17.0 Å². The molecule has 1 heterocycles. The van der Waals surface area contributed by atoms with Gasteiger partial charge in [0.2, 0.25) is 10.0 Å². The van der Waals surface area contributed by atoms with Gasteiger partial charge in [0.05, 0.1) is 9.82 Å². The van der Waals surface area contributed by atoms with Gasteiger partial charge in [-0.15, -0.1) is 0 Å². The van der Waals surface area contributed by atoms with Crippen LogP contribution >= 0.6 is 0 Å². The predicted octanol–water partition coefficient (Wildman–Crippen LogP) is 1.32. The van der Waals surface area contributed by atoms with Gasteiger partial charge in [-0.1, -0.05) is 0 Å². The Bertz CT molecular complexity index is 672. The summed E-state index contributed by atoms with van der Waals surface area (Å²) in [4.78, 5) is 10.4. The zero-order valence-electron chi connectivity index (χ0n) is 12.1. The predicted molar refractivity (Wildman–Crippen MR) is 78.5 cm³/mol. The van der Waals surface area contributed by atoms with Crippen molar-refractivity contribution in [1.82, 2.24) is 4.31 Å². The highest BCUT2D eigenvalue weighted by Crippen LogP contribution is 2.29. The molecule has 1 aliphatic heterocycles. The number of piperidine rings is 1. The number of aryl methyl sites for hydroxylation is 1. The summed E-state index contributed by atoms with van der Waals surface area (Å²) in [6, 6.07) is 2.34. The van der Waals surface area contributed by atoms with Gasteiger partial charge in [-0.3, -0.25) is 10.1 Å². The quantitative estimate of drug-likeness (QED) is 0.669. The van der Waals surface area contributed by atoms with Crippen molar-refractivity contribution in [2.45, 2.75) is 37.6 Å². The number of rotatable bonds is 3. The number of nitrogens with two attached hydrogens (primary N) is 1. The number of nitrogens with zero attached hydrogens (tertiary/aromatic N) is 2. The fourth-order valence-electron chi connectivity index (χ4n) is 2.51. The van der Waals surface area contributed by atoms with E-state index in [2.05, 4.69) is 0 Å². The van der Waals surface area contributed by atoms with E-state index in [4.69, 9.17) is 5.73 Å². The fraction of sp³-hybridized carbons (Fsp3) is 0.538. The maximum absolute atomic E-state index is 12.7. The molecule has 21 heavy (non-hydrogen) atoms. The van der Waals surface area contributed by atoms with Gasteiger partial charge in [-0.25, -0.2) is 8.42 Å². The molecule has 0 aromatic heterocycles. The maximum atomic E-state index is 12.7. The summed E-state index contributed by atoms with van der Waals surface area (Å²) in [6.07, 6.45) is 1.49. The Morgan fingerprint density at radius 3 is 2.62 bits per heavy atom. The molecule has 0 amide bonds. The Morgan fingerprint density at radius 2 is 2.05 bits per heavy atom. The summed E-state index contributed by atoms with van der Waals surface area (Å²) in [5.74, 6) is 0. The third kappa shape index (κ3) is 3.07. The van der Waals surface area contributed by atoms with Gasteiger partial charge in [-0.2, -0.15) is 4.31 Å². The number of hydrogen-bond acceptors (Lipinski definition) is 5. The van der Waals surface area contributed by atoms with Crippen LogP contribution in [-0.4, -0.2) is 36.8 Å². The zero-order valence-corrected chi connectivity index (χ0v) is 12.9. The minimum absolute atomic E-state index is 0.00306. The van der Waals surface area contributed by atoms with Gasteiger partial charge in [-0.05, 0) is 37.8 Å². The summed E-state index contributed by atoms with van der Waals surface area (Å²) < 4.78 is 26.8. The highest BCUT2D eigenvalue weighted by atomic mass is 32.2. The summed E-state index contributed by atoms with van der Waals surface area (Å²) in [7, 11) is -3.76. The molecule has 2 rings (SSSR count). The highest BCUT2D eigenvalue weighted by molar-refractivity contribution is 7.89. The van der Waals surface area contributed by atoms with Crippen molar-refractivity contribution >= 4 is 15.7 Å². The van der Waals surface area contributed by atoms with Crippen LogP contribution in [0.3, 0.4) is 0 Å². The molecule has 1 aromatic rings. The van der Waals surface area contributed by atoms with Crippen LogP contribution in [-0.2, 0) is 10.0 Å². The van der Waals surface area contributed by atoms with Crippen molar-refractivity contribution in [3.63, 3.8) is 0 Å². The van der Waals surface area contributed by atoms with Crippen LogP contribution in [0.25, 0.3) is 0 Å². The van der Waals surface area contributed by atoms with Gasteiger partial charge in [0.1, 0.15) is 0 Å². The van der Waals surface area contributed by atoms with E-state index in [1.54, 1.807) is 13.8 Å². The molecule has 0 saturated carbocycles. The van der Waals surface area contributed by atoms with Gasteiger partial charge in [0.25, 0.3) is 5.69 Å². The lowest BCUT2D eigenvalue weighted by Crippen LogP contribution is -2.45. The van der Waals surface area contributed by atoms with E-state index in [1.807, 2.05) is 0 Å². The van der Waals surface area contributed by atoms with Crippen molar-refractivity contribution < 1.29 is 13.3 Å². The number of non-ortho nitro benzene ring substituents is 1. The molecule has 1 aliphatic rings. The first-order valence-corrected chi connectivity index (χ1v) is 8.19. The molecule has 1 atom stereocenters. The van der Waals surface area contributed by atoms with Crippen molar-refractivity contribution in [3.8, 4) is 0 Å². The molecule has 2 N–H and O–H groups in total. The molecule has 7 nitrogen and oxygen atoms in total. The largest absolute Gasteiger partial charge is 0.327 e. The lowest BCUT2D eigenvalue weighted by atomic mass is 10.1. The number of hydrogen-bond donors (Lipinski definition) is 1. The zero-order chi connectivity index (χ0) is 15.8. The Kier molecular flexibility index (Phi) is 4.31. The first kappa shape index (κ1) is 15.9. The van der Waals surface area contributed by atoms with Crippen molar-refractivity contribution in [2.75, 3.05) is 13.1 Å². The van der Waals surface area contributed by atoms with Crippen LogP contribution in [0.4, 0.5) is 5.69 Å². The average molecular weight is 313 g/mol. The average Bonchev–Trinajstić information content (AvgIpc) is 2.41. The van der Waals surface area contributed by atoms with Crippen LogP contribution in [0.2, 0.25) is 0 Å². The molecular weight excluding hydrogens is 294 g/mol. The van der Waals surface area contributed by atoms with E-state index in [9.17, 15) is 18.5 Å². The van der Waals surface area contributed by atoms with Gasteiger partial charge < -0.3 is 5.73 Å². The second-order valence-electron chi connectivity index (χ2n) is 5.41. The third-order valence-corrected chi connectivity index (χ3v) is 5.85. The first-order valence-electron chi connectivity index (χ1n) is 6.75. The number of nitro benzene ring substituents is 1. The second-order valence-corrected chi connectivity index (χ2v) is 7.31. The lowest BCUT2D eigenvalue weighted by molar-refractivity contribution is -0.385. The molecule has 0 radical (unpaired) electrons. The van der Waals surface area contributed by atoms with Gasteiger partial charge >= 0.3 is 0 Å². The highest BCUT2D eigenvalue weighted by Gasteiger charge is 2.31. The third-order valence-electron chi connectivity index (χ3n) is 3.85. The molecule has 1 saturated heterocycles. The molecule has 116 valence electrons. The Morgan fingerprint density at radius 1 is 1.38 bits per heavy atom. The molecule has 1 unspecified atom stereocenters. The number of sulfonamides is 1. The lowest BCUT2D eigenvalue weighted by Gasteiger charge is -2.30. The summed E-state index contributed by atoms with van der Waals surface area (Å²) in [5.41, 5.74) is 6.75. The SMILES string of the molecule is Cc1cc([N+](=O)[O-])cc(S(=O)(=O)N2CCCC(N)C2)c1C. The van der Waals surface area contributed by atoms with E-state index in [0.29, 0.717) is 24.1 Å². The number of nitro groups is 1. The maximum Gasteiger partial charge on any atom is 0.271 e. The minimum atomic E-state index is -3.76. The topological polar surface area (TPSA) is 107 Å². The van der Waals surface area contributed by atoms with Crippen LogP contribution in [0, 0.1) is 24.0 Å². The normalized spacial score (nSPS) is 20.4. The van der Waals surface area contributed by atoms with Crippen LogP contribution in [0.1, 0.15) is 24.0 Å². The van der Waals surface area contributed by atoms with Crippen molar-refractivity contribution in [1.29, 1.82) is 0 Å². The van der Waals surface area contributed by atoms with Crippen LogP contribution < -0.4 is 5.73 Å². The summed E-state index contributed by atoms with van der Waals surface area (Å²) in [5, 5.41) is 10.9. The first-order chi connectivity index (χ1) is 9.73. The van der Waals surface area contributed by atoms with E-state index in [1.165, 1.54) is 10.4 Å². The standard InChI is InChI=1S/C13H19N3O4S/c1-9-6-12(16(17)18)7-13(10(9)2)21(19,20)15-5-3-4-11(14)8-15/h6-7,11H,3-5,8,14H2,1-2H3. The van der Waals surface area contributed by atoms with E-state index in [0.717, 1.165) is 12.5 Å². The van der Waals surface area contributed by atoms with Gasteiger partial charge in [0.15, 0.2) is 0 Å². The Hall–Kier alpha value is -1.51. The van der Waals surface area contributed by atoms with Crippen molar-refractivity contribution in [2.24, 2.45) is 5.73 Å². The molecule has 1 fully saturated rings. The van der Waals surface area contributed by atoms with Crippen LogP contribution in [0.5, 0.6) is 0 Å². The van der Waals surface area contributed by atoms with Crippen molar-refractivity contribution in [3.05, 3.63) is 33.4 Å². The smallest absolute Gasteiger partial charge is 0.271 e. The van der Waals surface area contributed by atoms with Gasteiger partial charge in [0, 0.05) is 31.3 Å². The molecule has 1 aromatic carbocycles. The monoisotopic (exact) mass is 313 g/mol. The minimum Gasteiger partial charge on any atom is -0.327 e. The molecular formula is C13H19N3O4S. The van der Waals surface area contributed by atoms with E-state index >= 15 is 0 Å². The Labute approximate surface area is 123 Å². The second kappa shape index (κ2) is 5.70. The summed E-state index contributed by atoms with van der Waals surface area (Å²) in [6.45, 7) is 3.99. The molecule has 8 heteroatoms. The fourth-order valence-corrected chi connectivity index (χ4v) is 4.37. The summed E-state index contributed by atoms with van der Waals surface area (Å²) >= 11 is 0. The molecule has 0 bridgehead atoms. The molecule has 0 spiro atoms. The number of benzene rings is 1. The van der Waals surface area contributed by atoms with E-state index < -0.39 is 14.9 Å². The molecule has 0 aliphatic carbocycles. The Balaban J connectivity index is 2.51.